The normalized spacial score (nSPS) is 12.2. The van der Waals surface area contributed by atoms with E-state index in [0.717, 1.165) is 11.0 Å². The van der Waals surface area contributed by atoms with Gasteiger partial charge in [-0.1, -0.05) is 6.92 Å². The molecule has 0 aliphatic rings. The van der Waals surface area contributed by atoms with Gasteiger partial charge in [0, 0.05) is 29.5 Å². The lowest BCUT2D eigenvalue weighted by Crippen LogP contribution is -2.38. The Morgan fingerprint density at radius 1 is 1.56 bits per heavy atom. The molecular weight excluding hydrogens is 270 g/mol. The van der Waals surface area contributed by atoms with Gasteiger partial charge < -0.3 is 10.6 Å². The number of nitrogens with zero attached hydrogens (tertiary/aromatic N) is 1. The molecule has 1 amide bonds. The molecule has 0 unspecified atom stereocenters. The fourth-order valence-electron chi connectivity index (χ4n) is 1.30. The Morgan fingerprint density at radius 2 is 2.31 bits per heavy atom. The van der Waals surface area contributed by atoms with Crippen molar-refractivity contribution in [2.24, 2.45) is 0 Å². The van der Waals surface area contributed by atoms with Crippen LogP contribution in [0.4, 0.5) is 0 Å². The van der Waals surface area contributed by atoms with E-state index in [-0.39, 0.29) is 11.9 Å². The number of nitrogens with one attached hydrogen (secondary N) is 2. The molecule has 4 nitrogen and oxygen atoms in total. The minimum absolute atomic E-state index is 0.0986. The third-order valence-electron chi connectivity index (χ3n) is 2.09. The molecule has 2 N–H and O–H groups in total. The maximum absolute atomic E-state index is 11.7. The topological polar surface area (TPSA) is 54.0 Å². The van der Waals surface area contributed by atoms with Crippen LogP contribution in [-0.4, -0.2) is 30.0 Å². The van der Waals surface area contributed by atoms with Gasteiger partial charge in [0.05, 0.1) is 5.56 Å². The molecule has 1 aromatic rings. The molecule has 88 valence electrons. The van der Waals surface area contributed by atoms with Gasteiger partial charge in [0.1, 0.15) is 0 Å². The Morgan fingerprint density at radius 3 is 2.94 bits per heavy atom. The van der Waals surface area contributed by atoms with Crippen molar-refractivity contribution < 1.29 is 4.79 Å². The molecule has 0 aromatic carbocycles. The predicted octanol–water partition coefficient (Wildman–Crippen LogP) is 1.57. The van der Waals surface area contributed by atoms with Crippen LogP contribution in [-0.2, 0) is 0 Å². The van der Waals surface area contributed by atoms with Gasteiger partial charge in [0.2, 0.25) is 0 Å². The van der Waals surface area contributed by atoms with E-state index in [0.29, 0.717) is 12.1 Å². The molecule has 5 heteroatoms. The summed E-state index contributed by atoms with van der Waals surface area (Å²) in [5, 5.41) is 6.07. The number of carbonyl (C=O) groups is 1. The Bertz CT molecular complexity index is 357. The van der Waals surface area contributed by atoms with Gasteiger partial charge in [-0.3, -0.25) is 9.78 Å². The first-order valence-electron chi connectivity index (χ1n) is 5.25. The molecule has 0 spiro atoms. The van der Waals surface area contributed by atoms with Crippen molar-refractivity contribution in [1.29, 1.82) is 0 Å². The second kappa shape index (κ2) is 6.60. The molecule has 0 aliphatic heterocycles. The molecule has 16 heavy (non-hydrogen) atoms. The van der Waals surface area contributed by atoms with E-state index < -0.39 is 0 Å². The van der Waals surface area contributed by atoms with Crippen LogP contribution in [0.5, 0.6) is 0 Å². The third-order valence-corrected chi connectivity index (χ3v) is 2.52. The van der Waals surface area contributed by atoms with E-state index in [4.69, 9.17) is 0 Å². The standard InChI is InChI=1S/C11H16BrN3O/c1-3-14-8(2)5-15-11(16)9-4-10(12)7-13-6-9/h4,6-8,14H,3,5H2,1-2H3,(H,15,16)/t8-/m1/s1. The second-order valence-electron chi connectivity index (χ2n) is 3.56. The average Bonchev–Trinajstić information content (AvgIpc) is 2.26. The van der Waals surface area contributed by atoms with Crippen molar-refractivity contribution in [2.45, 2.75) is 19.9 Å². The number of halogens is 1. The number of amides is 1. The van der Waals surface area contributed by atoms with Crippen molar-refractivity contribution in [3.05, 3.63) is 28.5 Å². The molecule has 0 fully saturated rings. The number of hydrogen-bond acceptors (Lipinski definition) is 3. The SMILES string of the molecule is CCN[C@H](C)CNC(=O)c1cncc(Br)c1. The first kappa shape index (κ1) is 13.1. The van der Waals surface area contributed by atoms with Gasteiger partial charge in [-0.2, -0.15) is 0 Å². The summed E-state index contributed by atoms with van der Waals surface area (Å²) in [4.78, 5) is 15.7. The number of carbonyl (C=O) groups excluding carboxylic acids is 1. The largest absolute Gasteiger partial charge is 0.350 e. The maximum Gasteiger partial charge on any atom is 0.252 e. The first-order valence-corrected chi connectivity index (χ1v) is 6.05. The van der Waals surface area contributed by atoms with E-state index in [1.807, 2.05) is 13.8 Å². The number of likely N-dealkylation sites (N-methyl/N-ethyl adjacent to an activating group) is 1. The van der Waals surface area contributed by atoms with Gasteiger partial charge in [-0.15, -0.1) is 0 Å². The lowest BCUT2D eigenvalue weighted by atomic mass is 10.2. The number of aromatic nitrogens is 1. The van der Waals surface area contributed by atoms with Gasteiger partial charge in [0.15, 0.2) is 0 Å². The van der Waals surface area contributed by atoms with Crippen molar-refractivity contribution in [3.8, 4) is 0 Å². The molecule has 1 heterocycles. The van der Waals surface area contributed by atoms with E-state index >= 15 is 0 Å². The average molecular weight is 286 g/mol. The van der Waals surface area contributed by atoms with Crippen LogP contribution >= 0.6 is 15.9 Å². The summed E-state index contributed by atoms with van der Waals surface area (Å²) in [7, 11) is 0. The van der Waals surface area contributed by atoms with Crippen LogP contribution in [0.25, 0.3) is 0 Å². The predicted molar refractivity (Wildman–Crippen MR) is 67.4 cm³/mol. The molecule has 1 rings (SSSR count). The minimum Gasteiger partial charge on any atom is -0.350 e. The van der Waals surface area contributed by atoms with Crippen molar-refractivity contribution in [1.82, 2.24) is 15.6 Å². The molecule has 0 aliphatic carbocycles. The summed E-state index contributed by atoms with van der Waals surface area (Å²) < 4.78 is 0.805. The van der Waals surface area contributed by atoms with Gasteiger partial charge in [-0.25, -0.2) is 0 Å². The molecule has 0 saturated carbocycles. The lowest BCUT2D eigenvalue weighted by molar-refractivity contribution is 0.0950. The number of rotatable bonds is 5. The minimum atomic E-state index is -0.0986. The summed E-state index contributed by atoms with van der Waals surface area (Å²) in [6, 6.07) is 2.02. The molecular formula is C11H16BrN3O. The molecule has 0 saturated heterocycles. The van der Waals surface area contributed by atoms with Crippen LogP contribution in [0.3, 0.4) is 0 Å². The van der Waals surface area contributed by atoms with Crippen molar-refractivity contribution in [2.75, 3.05) is 13.1 Å². The number of pyridine rings is 1. The highest BCUT2D eigenvalue weighted by Crippen LogP contribution is 2.09. The highest BCUT2D eigenvalue weighted by molar-refractivity contribution is 9.10. The monoisotopic (exact) mass is 285 g/mol. The molecule has 0 radical (unpaired) electrons. The second-order valence-corrected chi connectivity index (χ2v) is 4.48. The zero-order valence-corrected chi connectivity index (χ0v) is 11.0. The van der Waals surface area contributed by atoms with Crippen LogP contribution in [0.2, 0.25) is 0 Å². The summed E-state index contributed by atoms with van der Waals surface area (Å²) in [5.74, 6) is -0.0986. The first-order chi connectivity index (χ1) is 7.63. The Labute approximate surface area is 104 Å². The van der Waals surface area contributed by atoms with E-state index in [1.165, 1.54) is 0 Å². The van der Waals surface area contributed by atoms with Crippen LogP contribution in [0, 0.1) is 0 Å². The summed E-state index contributed by atoms with van der Waals surface area (Å²) in [6.07, 6.45) is 3.20. The van der Waals surface area contributed by atoms with Gasteiger partial charge in [-0.05, 0) is 35.5 Å². The quantitative estimate of drug-likeness (QED) is 0.864. The van der Waals surface area contributed by atoms with E-state index in [9.17, 15) is 4.79 Å². The lowest BCUT2D eigenvalue weighted by Gasteiger charge is -2.13. The fraction of sp³-hybridized carbons (Fsp3) is 0.455. The highest BCUT2D eigenvalue weighted by atomic mass is 79.9. The van der Waals surface area contributed by atoms with Crippen LogP contribution in [0.1, 0.15) is 24.2 Å². The van der Waals surface area contributed by atoms with Gasteiger partial charge >= 0.3 is 0 Å². The summed E-state index contributed by atoms with van der Waals surface area (Å²) in [5.41, 5.74) is 0.568. The number of hydrogen-bond donors (Lipinski definition) is 2. The van der Waals surface area contributed by atoms with Crippen molar-refractivity contribution in [3.63, 3.8) is 0 Å². The maximum atomic E-state index is 11.7. The summed E-state index contributed by atoms with van der Waals surface area (Å²) in [6.45, 7) is 5.58. The third kappa shape index (κ3) is 4.28. The molecule has 1 aromatic heterocycles. The molecule has 0 bridgehead atoms. The zero-order chi connectivity index (χ0) is 12.0. The summed E-state index contributed by atoms with van der Waals surface area (Å²) >= 11 is 3.28. The van der Waals surface area contributed by atoms with Crippen LogP contribution in [0.15, 0.2) is 22.9 Å². The molecule has 1 atom stereocenters. The van der Waals surface area contributed by atoms with E-state index in [2.05, 4.69) is 31.5 Å². The van der Waals surface area contributed by atoms with Crippen molar-refractivity contribution >= 4 is 21.8 Å². The van der Waals surface area contributed by atoms with Gasteiger partial charge in [0.25, 0.3) is 5.91 Å². The Hall–Kier alpha value is -0.940. The zero-order valence-electron chi connectivity index (χ0n) is 9.46. The Balaban J connectivity index is 2.47. The highest BCUT2D eigenvalue weighted by Gasteiger charge is 2.07. The smallest absolute Gasteiger partial charge is 0.252 e. The van der Waals surface area contributed by atoms with Crippen LogP contribution < -0.4 is 10.6 Å². The fourth-order valence-corrected chi connectivity index (χ4v) is 1.67. The Kier molecular flexibility index (Phi) is 5.42. The van der Waals surface area contributed by atoms with E-state index in [1.54, 1.807) is 18.5 Å².